The molecular weight excluding hydrogens is 164 g/mol. The second-order valence-electron chi connectivity index (χ2n) is 2.70. The Morgan fingerprint density at radius 3 is 2.69 bits per heavy atom. The average Bonchev–Trinajstić information content (AvgIpc) is 2.23. The Bertz CT molecular complexity index is 387. The van der Waals surface area contributed by atoms with Crippen LogP contribution >= 0.6 is 0 Å². The molecule has 1 aliphatic rings. The highest BCUT2D eigenvalue weighted by Gasteiger charge is 2.11. The van der Waals surface area contributed by atoms with E-state index in [4.69, 9.17) is 10.5 Å². The predicted octanol–water partition coefficient (Wildman–Crippen LogP) is 1.21. The van der Waals surface area contributed by atoms with Crippen molar-refractivity contribution in [2.75, 3.05) is 0 Å². The maximum absolute atomic E-state index is 8.69. The Morgan fingerprint density at radius 1 is 1.46 bits per heavy atom. The van der Waals surface area contributed by atoms with Gasteiger partial charge in [-0.3, -0.25) is 0 Å². The molecule has 1 rings (SSSR count). The number of nitrogens with one attached hydrogen (secondary N) is 1. The summed E-state index contributed by atoms with van der Waals surface area (Å²) in [6.07, 6.45) is 0.566. The van der Waals surface area contributed by atoms with E-state index in [-0.39, 0.29) is 11.4 Å². The number of hydrogen-bond acceptors (Lipinski definition) is 4. The van der Waals surface area contributed by atoms with Gasteiger partial charge in [0, 0.05) is 17.8 Å². The zero-order valence-corrected chi connectivity index (χ0v) is 7.26. The summed E-state index contributed by atoms with van der Waals surface area (Å²) in [4.78, 5) is 3.99. The zero-order chi connectivity index (χ0) is 9.84. The van der Waals surface area contributed by atoms with Crippen LogP contribution in [0.25, 0.3) is 0 Å². The van der Waals surface area contributed by atoms with Gasteiger partial charge in [0.05, 0.1) is 0 Å². The van der Waals surface area contributed by atoms with E-state index in [1.165, 1.54) is 0 Å². The first-order valence-corrected chi connectivity index (χ1v) is 3.71. The van der Waals surface area contributed by atoms with Gasteiger partial charge < -0.3 is 5.32 Å². The minimum atomic E-state index is 0.124. The molecule has 0 saturated heterocycles. The van der Waals surface area contributed by atoms with E-state index >= 15 is 0 Å². The Morgan fingerprint density at radius 2 is 2.15 bits per heavy atom. The van der Waals surface area contributed by atoms with Crippen molar-refractivity contribution < 1.29 is 0 Å². The monoisotopic (exact) mass is 172 g/mol. The molecule has 0 aromatic rings. The first-order valence-electron chi connectivity index (χ1n) is 3.71. The Kier molecular flexibility index (Phi) is 2.47. The summed E-state index contributed by atoms with van der Waals surface area (Å²) < 4.78 is 0. The first kappa shape index (κ1) is 9.02. The molecule has 0 atom stereocenters. The van der Waals surface area contributed by atoms with Crippen LogP contribution in [0.4, 0.5) is 0 Å². The molecule has 64 valence electrons. The van der Waals surface area contributed by atoms with Gasteiger partial charge >= 0.3 is 0 Å². The van der Waals surface area contributed by atoms with Crippen LogP contribution in [0, 0.1) is 22.7 Å². The van der Waals surface area contributed by atoms with E-state index in [0.29, 0.717) is 12.1 Å². The van der Waals surface area contributed by atoms with Gasteiger partial charge in [0.2, 0.25) is 0 Å². The van der Waals surface area contributed by atoms with Crippen molar-refractivity contribution in [2.24, 2.45) is 4.99 Å². The lowest BCUT2D eigenvalue weighted by Crippen LogP contribution is -2.11. The van der Waals surface area contributed by atoms with Gasteiger partial charge in [-0.25, -0.2) is 4.99 Å². The molecule has 0 unspecified atom stereocenters. The molecule has 0 saturated carbocycles. The van der Waals surface area contributed by atoms with Gasteiger partial charge in [0.15, 0.2) is 11.4 Å². The topological polar surface area (TPSA) is 72.0 Å². The molecule has 0 spiro atoms. The van der Waals surface area contributed by atoms with E-state index in [9.17, 15) is 0 Å². The standard InChI is InChI=1S/C9H8N4/c1-6-3-7(2)13-9(5-11)8(4-10)12-6/h12H,1,3H2,2H3. The molecule has 4 heteroatoms. The summed E-state index contributed by atoms with van der Waals surface area (Å²) in [6.45, 7) is 5.50. The highest BCUT2D eigenvalue weighted by Crippen LogP contribution is 2.11. The van der Waals surface area contributed by atoms with E-state index in [1.807, 2.05) is 12.1 Å². The normalized spacial score (nSPS) is 16.5. The lowest BCUT2D eigenvalue weighted by atomic mass is 10.2. The average molecular weight is 172 g/mol. The van der Waals surface area contributed by atoms with Gasteiger partial charge in [-0.15, -0.1) is 0 Å². The smallest absolute Gasteiger partial charge is 0.174 e. The SMILES string of the molecule is C=C1CC(C)=NC(C#N)=C(C#N)N1. The molecule has 1 N–H and O–H groups in total. The van der Waals surface area contributed by atoms with Gasteiger partial charge in [-0.1, -0.05) is 6.58 Å². The molecule has 1 aliphatic heterocycles. The number of rotatable bonds is 0. The molecule has 0 fully saturated rings. The molecule has 0 aromatic carbocycles. The third kappa shape index (κ3) is 1.94. The molecule has 0 radical (unpaired) electrons. The van der Waals surface area contributed by atoms with E-state index in [2.05, 4.69) is 16.9 Å². The van der Waals surface area contributed by atoms with Crippen molar-refractivity contribution in [1.29, 1.82) is 10.5 Å². The number of nitrogens with zero attached hydrogens (tertiary/aromatic N) is 3. The van der Waals surface area contributed by atoms with E-state index in [0.717, 1.165) is 5.71 Å². The number of aliphatic imine (C=N–C) groups is 1. The van der Waals surface area contributed by atoms with Crippen LogP contribution in [0.5, 0.6) is 0 Å². The lowest BCUT2D eigenvalue weighted by molar-refractivity contribution is 0.981. The van der Waals surface area contributed by atoms with Crippen molar-refractivity contribution in [3.63, 3.8) is 0 Å². The third-order valence-corrected chi connectivity index (χ3v) is 1.53. The maximum Gasteiger partial charge on any atom is 0.174 e. The highest BCUT2D eigenvalue weighted by atomic mass is 15.0. The number of nitriles is 2. The van der Waals surface area contributed by atoms with Crippen LogP contribution in [0.15, 0.2) is 28.7 Å². The molecule has 0 bridgehead atoms. The quantitative estimate of drug-likeness (QED) is 0.597. The van der Waals surface area contributed by atoms with Crippen molar-refractivity contribution in [3.8, 4) is 12.1 Å². The second-order valence-corrected chi connectivity index (χ2v) is 2.70. The van der Waals surface area contributed by atoms with Crippen molar-refractivity contribution in [2.45, 2.75) is 13.3 Å². The molecule has 0 aromatic heterocycles. The second kappa shape index (κ2) is 3.55. The van der Waals surface area contributed by atoms with Crippen LogP contribution < -0.4 is 5.32 Å². The summed E-state index contributed by atoms with van der Waals surface area (Å²) in [5.41, 5.74) is 1.75. The van der Waals surface area contributed by atoms with Crippen LogP contribution in [0.1, 0.15) is 13.3 Å². The molecule has 0 aliphatic carbocycles. The van der Waals surface area contributed by atoms with Crippen LogP contribution in [-0.2, 0) is 0 Å². The van der Waals surface area contributed by atoms with Crippen molar-refractivity contribution >= 4 is 5.71 Å². The Balaban J connectivity index is 3.20. The lowest BCUT2D eigenvalue weighted by Gasteiger charge is -2.02. The molecule has 0 amide bonds. The molecule has 13 heavy (non-hydrogen) atoms. The van der Waals surface area contributed by atoms with Gasteiger partial charge in [-0.05, 0) is 6.92 Å². The summed E-state index contributed by atoms with van der Waals surface area (Å²) in [5.74, 6) is 0. The largest absolute Gasteiger partial charge is 0.348 e. The van der Waals surface area contributed by atoms with Crippen molar-refractivity contribution in [3.05, 3.63) is 23.7 Å². The van der Waals surface area contributed by atoms with Crippen LogP contribution in [-0.4, -0.2) is 5.71 Å². The van der Waals surface area contributed by atoms with Gasteiger partial charge in [0.25, 0.3) is 0 Å². The summed E-state index contributed by atoms with van der Waals surface area (Å²) in [6, 6.07) is 3.74. The highest BCUT2D eigenvalue weighted by molar-refractivity contribution is 5.86. The summed E-state index contributed by atoms with van der Waals surface area (Å²) >= 11 is 0. The maximum atomic E-state index is 8.69. The fourth-order valence-corrected chi connectivity index (χ4v) is 1.04. The predicted molar refractivity (Wildman–Crippen MR) is 48.3 cm³/mol. The Labute approximate surface area is 76.5 Å². The van der Waals surface area contributed by atoms with Crippen LogP contribution in [0.3, 0.4) is 0 Å². The van der Waals surface area contributed by atoms with Gasteiger partial charge in [-0.2, -0.15) is 10.5 Å². The summed E-state index contributed by atoms with van der Waals surface area (Å²) in [7, 11) is 0. The van der Waals surface area contributed by atoms with E-state index in [1.54, 1.807) is 6.92 Å². The van der Waals surface area contributed by atoms with Gasteiger partial charge in [0.1, 0.15) is 12.1 Å². The van der Waals surface area contributed by atoms with Crippen molar-refractivity contribution in [1.82, 2.24) is 5.32 Å². The minimum Gasteiger partial charge on any atom is -0.348 e. The molecular formula is C9H8N4. The van der Waals surface area contributed by atoms with Crippen LogP contribution in [0.2, 0.25) is 0 Å². The minimum absolute atomic E-state index is 0.124. The zero-order valence-electron chi connectivity index (χ0n) is 7.26. The number of allylic oxidation sites excluding steroid dienone is 3. The fourth-order valence-electron chi connectivity index (χ4n) is 1.04. The third-order valence-electron chi connectivity index (χ3n) is 1.53. The first-order chi connectivity index (χ1) is 6.17. The Hall–Kier alpha value is -2.07. The molecule has 1 heterocycles. The molecule has 4 nitrogen and oxygen atoms in total. The fraction of sp³-hybridized carbons (Fsp3) is 0.222. The summed E-state index contributed by atoms with van der Waals surface area (Å²) in [5, 5.41) is 20.1. The number of hydrogen-bond donors (Lipinski definition) is 1. The van der Waals surface area contributed by atoms with E-state index < -0.39 is 0 Å².